The summed E-state index contributed by atoms with van der Waals surface area (Å²) < 4.78 is 21.3. The molecule has 3 aromatic rings. The van der Waals surface area contributed by atoms with Crippen LogP contribution in [0.15, 0.2) is 54.6 Å². The summed E-state index contributed by atoms with van der Waals surface area (Å²) >= 11 is 0. The van der Waals surface area contributed by atoms with E-state index in [9.17, 15) is 9.59 Å². The van der Waals surface area contributed by atoms with Crippen molar-refractivity contribution in [2.75, 3.05) is 37.0 Å². The van der Waals surface area contributed by atoms with Crippen LogP contribution in [0, 0.1) is 0 Å². The Morgan fingerprint density at radius 2 is 1.59 bits per heavy atom. The molecule has 3 amide bonds. The van der Waals surface area contributed by atoms with Crippen molar-refractivity contribution in [3.05, 3.63) is 65.7 Å². The zero-order chi connectivity index (χ0) is 23.7. The van der Waals surface area contributed by atoms with Crippen molar-refractivity contribution in [2.45, 2.75) is 0 Å². The van der Waals surface area contributed by atoms with Crippen LogP contribution in [0.4, 0.5) is 21.9 Å². The maximum absolute atomic E-state index is 12.5. The van der Waals surface area contributed by atoms with Crippen LogP contribution in [0.2, 0.25) is 0 Å². The Balaban J connectivity index is 1.29. The maximum atomic E-state index is 12.5. The van der Waals surface area contributed by atoms with E-state index in [2.05, 4.69) is 16.0 Å². The second kappa shape index (κ2) is 8.70. The molecule has 2 heterocycles. The SMILES string of the molecule is COc1cc2c(cc1OC)/C(=C\c1ccc(NC(=O)Nc3ccc4c(c3)OCO4)cc1)C(=O)N2. The minimum atomic E-state index is -0.393. The number of hydrogen-bond acceptors (Lipinski definition) is 6. The minimum Gasteiger partial charge on any atom is -0.493 e. The van der Waals surface area contributed by atoms with E-state index >= 15 is 0 Å². The van der Waals surface area contributed by atoms with Gasteiger partial charge in [-0.25, -0.2) is 4.79 Å². The topological polar surface area (TPSA) is 107 Å². The highest BCUT2D eigenvalue weighted by atomic mass is 16.7. The molecule has 9 heteroatoms. The summed E-state index contributed by atoms with van der Waals surface area (Å²) in [6.45, 7) is 0.169. The van der Waals surface area contributed by atoms with Crippen LogP contribution in [0.1, 0.15) is 11.1 Å². The summed E-state index contributed by atoms with van der Waals surface area (Å²) in [4.78, 5) is 24.9. The van der Waals surface area contributed by atoms with Crippen LogP contribution in [0.5, 0.6) is 23.0 Å². The molecular weight excluding hydrogens is 438 g/mol. The third kappa shape index (κ3) is 4.06. The van der Waals surface area contributed by atoms with E-state index in [1.54, 1.807) is 62.8 Å². The fraction of sp³-hybridized carbons (Fsp3) is 0.120. The number of urea groups is 1. The van der Waals surface area contributed by atoms with E-state index in [4.69, 9.17) is 18.9 Å². The number of methoxy groups -OCH3 is 2. The van der Waals surface area contributed by atoms with Gasteiger partial charge in [0.1, 0.15) is 0 Å². The van der Waals surface area contributed by atoms with Crippen molar-refractivity contribution < 1.29 is 28.5 Å². The first-order valence-corrected chi connectivity index (χ1v) is 10.4. The molecule has 0 aromatic heterocycles. The summed E-state index contributed by atoms with van der Waals surface area (Å²) in [6.07, 6.45) is 1.78. The predicted octanol–water partition coefficient (Wildman–Crippen LogP) is 4.57. The van der Waals surface area contributed by atoms with Crippen LogP contribution in [-0.2, 0) is 4.79 Å². The number of amides is 3. The molecule has 9 nitrogen and oxygen atoms in total. The van der Waals surface area contributed by atoms with Gasteiger partial charge in [-0.05, 0) is 42.0 Å². The van der Waals surface area contributed by atoms with Crippen LogP contribution >= 0.6 is 0 Å². The molecular formula is C25H21N3O6. The molecule has 2 aliphatic rings. The average Bonchev–Trinajstić information content (AvgIpc) is 3.42. The molecule has 0 unspecified atom stereocenters. The molecule has 3 aromatic carbocycles. The quantitative estimate of drug-likeness (QED) is 0.483. The highest BCUT2D eigenvalue weighted by molar-refractivity contribution is 6.35. The largest absolute Gasteiger partial charge is 0.493 e. The molecule has 0 bridgehead atoms. The lowest BCUT2D eigenvalue weighted by Crippen LogP contribution is -2.19. The number of carbonyl (C=O) groups excluding carboxylic acids is 2. The van der Waals surface area contributed by atoms with Crippen LogP contribution in [0.3, 0.4) is 0 Å². The zero-order valence-electron chi connectivity index (χ0n) is 18.4. The maximum Gasteiger partial charge on any atom is 0.323 e. The van der Waals surface area contributed by atoms with Gasteiger partial charge in [-0.2, -0.15) is 0 Å². The van der Waals surface area contributed by atoms with Gasteiger partial charge < -0.3 is 34.9 Å². The van der Waals surface area contributed by atoms with E-state index in [-0.39, 0.29) is 12.7 Å². The van der Waals surface area contributed by atoms with Crippen LogP contribution in [-0.4, -0.2) is 33.0 Å². The fourth-order valence-electron chi connectivity index (χ4n) is 3.76. The van der Waals surface area contributed by atoms with Gasteiger partial charge in [0.2, 0.25) is 6.79 Å². The summed E-state index contributed by atoms with van der Waals surface area (Å²) in [5.74, 6) is 2.10. The lowest BCUT2D eigenvalue weighted by atomic mass is 10.0. The molecule has 0 radical (unpaired) electrons. The molecule has 0 aliphatic carbocycles. The summed E-state index contributed by atoms with van der Waals surface area (Å²) in [7, 11) is 3.09. The second-order valence-electron chi connectivity index (χ2n) is 7.53. The van der Waals surface area contributed by atoms with Crippen molar-refractivity contribution in [3.8, 4) is 23.0 Å². The zero-order valence-corrected chi connectivity index (χ0v) is 18.4. The lowest BCUT2D eigenvalue weighted by Gasteiger charge is -2.10. The number of ether oxygens (including phenoxy) is 4. The fourth-order valence-corrected chi connectivity index (χ4v) is 3.76. The number of hydrogen-bond donors (Lipinski definition) is 3. The number of benzene rings is 3. The van der Waals surface area contributed by atoms with Crippen molar-refractivity contribution >= 4 is 40.6 Å². The first kappa shape index (κ1) is 21.2. The molecule has 3 N–H and O–H groups in total. The molecule has 0 spiro atoms. The molecule has 0 atom stereocenters. The summed E-state index contributed by atoms with van der Waals surface area (Å²) in [5.41, 5.74) is 3.89. The van der Waals surface area contributed by atoms with Gasteiger partial charge in [-0.1, -0.05) is 12.1 Å². The van der Waals surface area contributed by atoms with Crippen LogP contribution < -0.4 is 34.9 Å². The van der Waals surface area contributed by atoms with E-state index < -0.39 is 6.03 Å². The Hall–Kier alpha value is -4.66. The number of rotatable bonds is 5. The van der Waals surface area contributed by atoms with E-state index in [1.807, 2.05) is 12.1 Å². The Labute approximate surface area is 195 Å². The number of fused-ring (bicyclic) bond motifs is 2. The average molecular weight is 459 g/mol. The smallest absolute Gasteiger partial charge is 0.323 e. The molecule has 0 saturated heterocycles. The normalized spacial score (nSPS) is 14.4. The van der Waals surface area contributed by atoms with Gasteiger partial charge >= 0.3 is 6.03 Å². The predicted molar refractivity (Wildman–Crippen MR) is 128 cm³/mol. The highest BCUT2D eigenvalue weighted by Gasteiger charge is 2.26. The number of carbonyl (C=O) groups is 2. The Morgan fingerprint density at radius 1 is 0.912 bits per heavy atom. The Bertz CT molecular complexity index is 1320. The van der Waals surface area contributed by atoms with Crippen LogP contribution in [0.25, 0.3) is 11.6 Å². The molecule has 34 heavy (non-hydrogen) atoms. The summed E-state index contributed by atoms with van der Waals surface area (Å²) in [6, 6.07) is 15.4. The van der Waals surface area contributed by atoms with Gasteiger partial charge in [0.15, 0.2) is 23.0 Å². The third-order valence-corrected chi connectivity index (χ3v) is 5.42. The van der Waals surface area contributed by atoms with Crippen molar-refractivity contribution in [1.29, 1.82) is 0 Å². The van der Waals surface area contributed by atoms with Gasteiger partial charge in [0.05, 0.1) is 19.9 Å². The first-order chi connectivity index (χ1) is 16.5. The van der Waals surface area contributed by atoms with Crippen molar-refractivity contribution in [3.63, 3.8) is 0 Å². The van der Waals surface area contributed by atoms with Gasteiger partial charge in [-0.15, -0.1) is 0 Å². The Kier molecular flexibility index (Phi) is 5.43. The number of anilines is 3. The molecule has 0 saturated carbocycles. The molecule has 0 fully saturated rings. The molecule has 5 rings (SSSR count). The van der Waals surface area contributed by atoms with Gasteiger partial charge in [0, 0.05) is 34.6 Å². The van der Waals surface area contributed by atoms with E-state index in [1.165, 1.54) is 0 Å². The standard InChI is InChI=1S/C25H21N3O6/c1-31-21-11-17-18(24(29)28-19(17)12-22(21)32-2)9-14-3-5-15(6-4-14)26-25(30)27-16-7-8-20-23(10-16)34-13-33-20/h3-12H,13H2,1-2H3,(H,28,29)(H2,26,27,30)/b18-9+. The summed E-state index contributed by atoms with van der Waals surface area (Å²) in [5, 5.41) is 8.38. The Morgan fingerprint density at radius 3 is 2.35 bits per heavy atom. The highest BCUT2D eigenvalue weighted by Crippen LogP contribution is 2.41. The third-order valence-electron chi connectivity index (χ3n) is 5.42. The van der Waals surface area contributed by atoms with E-state index in [0.717, 1.165) is 11.1 Å². The number of nitrogens with one attached hydrogen (secondary N) is 3. The monoisotopic (exact) mass is 459 g/mol. The minimum absolute atomic E-state index is 0.169. The van der Waals surface area contributed by atoms with Gasteiger partial charge in [-0.3, -0.25) is 4.79 Å². The second-order valence-corrected chi connectivity index (χ2v) is 7.53. The molecule has 2 aliphatic heterocycles. The first-order valence-electron chi connectivity index (χ1n) is 10.4. The van der Waals surface area contributed by atoms with Crippen molar-refractivity contribution in [1.82, 2.24) is 0 Å². The lowest BCUT2D eigenvalue weighted by molar-refractivity contribution is -0.110. The van der Waals surface area contributed by atoms with E-state index in [0.29, 0.717) is 45.6 Å². The van der Waals surface area contributed by atoms with Gasteiger partial charge in [0.25, 0.3) is 5.91 Å². The molecule has 172 valence electrons. The van der Waals surface area contributed by atoms with Crippen molar-refractivity contribution in [2.24, 2.45) is 0 Å².